The number of para-hydroxylation sites is 1. The van der Waals surface area contributed by atoms with E-state index in [-0.39, 0.29) is 24.0 Å². The predicted molar refractivity (Wildman–Crippen MR) is 85.4 cm³/mol. The first-order chi connectivity index (χ1) is 11.6. The van der Waals surface area contributed by atoms with Gasteiger partial charge in [0, 0.05) is 18.3 Å². The number of halogens is 3. The van der Waals surface area contributed by atoms with Crippen LogP contribution in [0.25, 0.3) is 0 Å². The fourth-order valence-corrected chi connectivity index (χ4v) is 2.07. The largest absolute Gasteiger partial charge is 0.366 e. The Kier molecular flexibility index (Phi) is 4.60. The van der Waals surface area contributed by atoms with Gasteiger partial charge in [-0.15, -0.1) is 0 Å². The average Bonchev–Trinajstić information content (AvgIpc) is 2.58. The monoisotopic (exact) mass is 330 g/mol. The highest BCUT2D eigenvalue weighted by Crippen LogP contribution is 2.21. The minimum absolute atomic E-state index is 0.0255. The maximum Gasteiger partial charge on any atom is 0.229 e. The fourth-order valence-electron chi connectivity index (χ4n) is 2.07. The molecule has 4 nitrogen and oxygen atoms in total. The van der Waals surface area contributed by atoms with Crippen LogP contribution in [-0.2, 0) is 6.54 Å². The Balaban J connectivity index is 1.74. The number of hydrogen-bond acceptors (Lipinski definition) is 4. The van der Waals surface area contributed by atoms with E-state index >= 15 is 0 Å². The molecule has 0 spiro atoms. The molecule has 0 fully saturated rings. The zero-order valence-electron chi connectivity index (χ0n) is 12.4. The molecule has 0 aliphatic rings. The van der Waals surface area contributed by atoms with Gasteiger partial charge in [0.15, 0.2) is 0 Å². The molecule has 0 radical (unpaired) electrons. The second-order valence-corrected chi connectivity index (χ2v) is 4.93. The van der Waals surface area contributed by atoms with E-state index in [1.807, 2.05) is 0 Å². The SMILES string of the molecule is Fc1ccccc1CNc1ccnc(Nc2c(F)cccc2F)n1. The van der Waals surface area contributed by atoms with E-state index in [1.54, 1.807) is 24.3 Å². The van der Waals surface area contributed by atoms with Crippen LogP contribution in [0, 0.1) is 17.5 Å². The van der Waals surface area contributed by atoms with Crippen molar-refractivity contribution in [3.8, 4) is 0 Å². The van der Waals surface area contributed by atoms with Gasteiger partial charge >= 0.3 is 0 Å². The number of benzene rings is 2. The molecule has 0 aliphatic heterocycles. The van der Waals surface area contributed by atoms with Crippen LogP contribution < -0.4 is 10.6 Å². The summed E-state index contributed by atoms with van der Waals surface area (Å²) in [5.74, 6) is -1.40. The van der Waals surface area contributed by atoms with Gasteiger partial charge in [0.1, 0.15) is 29.0 Å². The highest BCUT2D eigenvalue weighted by Gasteiger charge is 2.10. The first-order valence-corrected chi connectivity index (χ1v) is 7.15. The Bertz CT molecular complexity index is 834. The van der Waals surface area contributed by atoms with Crippen LogP contribution >= 0.6 is 0 Å². The van der Waals surface area contributed by atoms with Crippen LogP contribution in [-0.4, -0.2) is 9.97 Å². The molecule has 0 aliphatic carbocycles. The van der Waals surface area contributed by atoms with Crippen LogP contribution in [0.1, 0.15) is 5.56 Å². The molecule has 1 heterocycles. The highest BCUT2D eigenvalue weighted by atomic mass is 19.1. The predicted octanol–water partition coefficient (Wildman–Crippen LogP) is 4.25. The molecule has 1 aromatic heterocycles. The van der Waals surface area contributed by atoms with Crippen molar-refractivity contribution in [2.45, 2.75) is 6.54 Å². The highest BCUT2D eigenvalue weighted by molar-refractivity contribution is 5.56. The normalized spacial score (nSPS) is 10.5. The standard InChI is InChI=1S/C17H13F3N4/c18-12-5-2-1-4-11(12)10-22-15-8-9-21-17(23-15)24-16-13(19)6-3-7-14(16)20/h1-9H,10H2,(H2,21,22,23,24). The minimum Gasteiger partial charge on any atom is -0.366 e. The summed E-state index contributed by atoms with van der Waals surface area (Å²) in [6.45, 7) is 0.219. The molecule has 0 unspecified atom stereocenters. The summed E-state index contributed by atoms with van der Waals surface area (Å²) < 4.78 is 40.8. The maximum atomic E-state index is 13.6. The summed E-state index contributed by atoms with van der Waals surface area (Å²) in [4.78, 5) is 8.03. The minimum atomic E-state index is -0.747. The molecular formula is C17H13F3N4. The lowest BCUT2D eigenvalue weighted by Crippen LogP contribution is -2.06. The van der Waals surface area contributed by atoms with Gasteiger partial charge in [-0.25, -0.2) is 18.2 Å². The Morgan fingerprint density at radius 3 is 2.29 bits per heavy atom. The summed E-state index contributed by atoms with van der Waals surface area (Å²) in [6, 6.07) is 11.5. The summed E-state index contributed by atoms with van der Waals surface area (Å²) in [6.07, 6.45) is 1.43. The van der Waals surface area contributed by atoms with Crippen molar-refractivity contribution >= 4 is 17.5 Å². The Hall–Kier alpha value is -3.09. The smallest absolute Gasteiger partial charge is 0.229 e. The number of nitrogens with zero attached hydrogens (tertiary/aromatic N) is 2. The lowest BCUT2D eigenvalue weighted by atomic mass is 10.2. The molecule has 24 heavy (non-hydrogen) atoms. The summed E-state index contributed by atoms with van der Waals surface area (Å²) >= 11 is 0. The van der Waals surface area contributed by atoms with Gasteiger partial charge < -0.3 is 10.6 Å². The van der Waals surface area contributed by atoms with Gasteiger partial charge in [-0.3, -0.25) is 0 Å². The Labute approximate surface area is 136 Å². The molecule has 0 bridgehead atoms. The van der Waals surface area contributed by atoms with E-state index in [1.165, 1.54) is 18.3 Å². The quantitative estimate of drug-likeness (QED) is 0.734. The van der Waals surface area contributed by atoms with E-state index in [4.69, 9.17) is 0 Å². The van der Waals surface area contributed by atoms with Crippen LogP contribution in [0.2, 0.25) is 0 Å². The number of aromatic nitrogens is 2. The lowest BCUT2D eigenvalue weighted by molar-refractivity contribution is 0.590. The molecule has 2 aromatic carbocycles. The van der Waals surface area contributed by atoms with E-state index in [9.17, 15) is 13.2 Å². The first kappa shape index (κ1) is 15.8. The van der Waals surface area contributed by atoms with Gasteiger partial charge in [0.25, 0.3) is 0 Å². The van der Waals surface area contributed by atoms with Crippen LogP contribution in [0.5, 0.6) is 0 Å². The zero-order valence-corrected chi connectivity index (χ0v) is 12.4. The number of rotatable bonds is 5. The van der Waals surface area contributed by atoms with Crippen molar-refractivity contribution in [3.05, 3.63) is 77.7 Å². The molecule has 0 amide bonds. The van der Waals surface area contributed by atoms with Crippen molar-refractivity contribution in [2.24, 2.45) is 0 Å². The van der Waals surface area contributed by atoms with Gasteiger partial charge in [0.2, 0.25) is 5.95 Å². The van der Waals surface area contributed by atoms with E-state index < -0.39 is 11.6 Å². The second kappa shape index (κ2) is 6.99. The third kappa shape index (κ3) is 3.62. The Morgan fingerprint density at radius 2 is 1.54 bits per heavy atom. The van der Waals surface area contributed by atoms with Crippen molar-refractivity contribution in [1.82, 2.24) is 9.97 Å². The topological polar surface area (TPSA) is 49.8 Å². The van der Waals surface area contributed by atoms with E-state index in [0.29, 0.717) is 11.4 Å². The second-order valence-electron chi connectivity index (χ2n) is 4.93. The average molecular weight is 330 g/mol. The first-order valence-electron chi connectivity index (χ1n) is 7.15. The molecule has 2 N–H and O–H groups in total. The van der Waals surface area contributed by atoms with Crippen molar-refractivity contribution in [3.63, 3.8) is 0 Å². The van der Waals surface area contributed by atoms with Crippen LogP contribution in [0.15, 0.2) is 54.7 Å². The number of anilines is 3. The van der Waals surface area contributed by atoms with Crippen molar-refractivity contribution in [1.29, 1.82) is 0 Å². The van der Waals surface area contributed by atoms with Gasteiger partial charge in [-0.1, -0.05) is 24.3 Å². The van der Waals surface area contributed by atoms with Crippen molar-refractivity contribution < 1.29 is 13.2 Å². The fraction of sp³-hybridized carbons (Fsp3) is 0.0588. The molecule has 3 aromatic rings. The summed E-state index contributed by atoms with van der Waals surface area (Å²) in [5, 5.41) is 5.44. The third-order valence-electron chi connectivity index (χ3n) is 3.27. The van der Waals surface area contributed by atoms with Crippen LogP contribution in [0.4, 0.5) is 30.6 Å². The third-order valence-corrected chi connectivity index (χ3v) is 3.27. The molecule has 7 heteroatoms. The molecule has 0 saturated carbocycles. The zero-order chi connectivity index (χ0) is 16.9. The molecule has 3 rings (SSSR count). The maximum absolute atomic E-state index is 13.6. The molecule has 122 valence electrons. The lowest BCUT2D eigenvalue weighted by Gasteiger charge is -2.10. The molecule has 0 saturated heterocycles. The van der Waals surface area contributed by atoms with Crippen molar-refractivity contribution in [2.75, 3.05) is 10.6 Å². The Morgan fingerprint density at radius 1 is 0.833 bits per heavy atom. The molecular weight excluding hydrogens is 317 g/mol. The number of hydrogen-bond donors (Lipinski definition) is 2. The summed E-state index contributed by atoms with van der Waals surface area (Å²) in [7, 11) is 0. The van der Waals surface area contributed by atoms with Gasteiger partial charge in [-0.2, -0.15) is 4.98 Å². The summed E-state index contributed by atoms with van der Waals surface area (Å²) in [5.41, 5.74) is 0.148. The van der Waals surface area contributed by atoms with Gasteiger partial charge in [-0.05, 0) is 24.3 Å². The van der Waals surface area contributed by atoms with E-state index in [0.717, 1.165) is 12.1 Å². The van der Waals surface area contributed by atoms with Gasteiger partial charge in [0.05, 0.1) is 0 Å². The number of nitrogens with one attached hydrogen (secondary N) is 2. The molecule has 0 atom stereocenters. The van der Waals surface area contributed by atoms with E-state index in [2.05, 4.69) is 20.6 Å². The van der Waals surface area contributed by atoms with Crippen LogP contribution in [0.3, 0.4) is 0 Å².